The van der Waals surface area contributed by atoms with Crippen LogP contribution in [0.2, 0.25) is 0 Å². The van der Waals surface area contributed by atoms with Crippen LogP contribution in [0.1, 0.15) is 18.4 Å². The van der Waals surface area contributed by atoms with Gasteiger partial charge in [0, 0.05) is 12.2 Å². The minimum Gasteiger partial charge on any atom is -0.398 e. The Bertz CT molecular complexity index is 319. The molecule has 2 nitrogen and oxygen atoms in total. The summed E-state index contributed by atoms with van der Waals surface area (Å²) in [5, 5.41) is 0. The molecule has 1 aliphatic rings. The normalized spacial score (nSPS) is 17.5. The molecule has 1 aromatic rings. The molecule has 0 bridgehead atoms. The van der Waals surface area contributed by atoms with Gasteiger partial charge in [-0.05, 0) is 43.6 Å². The highest BCUT2D eigenvalue weighted by atomic mass is 19.1. The Labute approximate surface area is 83.5 Å². The van der Waals surface area contributed by atoms with Crippen LogP contribution in [0.3, 0.4) is 0 Å². The minimum atomic E-state index is -0.257. The van der Waals surface area contributed by atoms with Gasteiger partial charge in [0.05, 0.1) is 0 Å². The zero-order chi connectivity index (χ0) is 9.97. The standard InChI is InChI=1S/C11H15FN2/c12-10-4-3-9(11(13)7-10)8-14-5-1-2-6-14/h3-4,7H,1-2,5-6,8,13H2. The number of nitrogens with zero attached hydrogens (tertiary/aromatic N) is 1. The van der Waals surface area contributed by atoms with Gasteiger partial charge in [-0.3, -0.25) is 4.90 Å². The molecule has 0 amide bonds. The summed E-state index contributed by atoms with van der Waals surface area (Å²) in [6, 6.07) is 4.65. The summed E-state index contributed by atoms with van der Waals surface area (Å²) in [4.78, 5) is 2.35. The summed E-state index contributed by atoms with van der Waals surface area (Å²) in [6.07, 6.45) is 2.53. The molecule has 2 rings (SSSR count). The smallest absolute Gasteiger partial charge is 0.125 e. The first-order valence-electron chi connectivity index (χ1n) is 5.02. The monoisotopic (exact) mass is 194 g/mol. The maximum atomic E-state index is 12.8. The number of halogens is 1. The van der Waals surface area contributed by atoms with Crippen molar-refractivity contribution in [3.63, 3.8) is 0 Å². The van der Waals surface area contributed by atoms with E-state index in [0.717, 1.165) is 25.2 Å². The number of rotatable bonds is 2. The lowest BCUT2D eigenvalue weighted by Crippen LogP contribution is -2.19. The summed E-state index contributed by atoms with van der Waals surface area (Å²) in [6.45, 7) is 3.12. The Morgan fingerprint density at radius 2 is 2.00 bits per heavy atom. The van der Waals surface area contributed by atoms with Gasteiger partial charge in [0.25, 0.3) is 0 Å². The van der Waals surface area contributed by atoms with E-state index >= 15 is 0 Å². The summed E-state index contributed by atoms with van der Waals surface area (Å²) in [5.74, 6) is -0.257. The Kier molecular flexibility index (Phi) is 2.68. The van der Waals surface area contributed by atoms with Crippen LogP contribution in [0.15, 0.2) is 18.2 Å². The van der Waals surface area contributed by atoms with Crippen LogP contribution in [-0.2, 0) is 6.54 Å². The number of hydrogen-bond donors (Lipinski definition) is 1. The van der Waals surface area contributed by atoms with Gasteiger partial charge < -0.3 is 5.73 Å². The van der Waals surface area contributed by atoms with Crippen LogP contribution in [0.4, 0.5) is 10.1 Å². The molecule has 1 heterocycles. The fraction of sp³-hybridized carbons (Fsp3) is 0.455. The summed E-state index contributed by atoms with van der Waals surface area (Å²) >= 11 is 0. The average molecular weight is 194 g/mol. The number of nitrogen functional groups attached to an aromatic ring is 1. The first kappa shape index (κ1) is 9.46. The van der Waals surface area contributed by atoms with Gasteiger partial charge in [-0.1, -0.05) is 6.07 Å². The van der Waals surface area contributed by atoms with Crippen molar-refractivity contribution in [2.75, 3.05) is 18.8 Å². The molecule has 1 fully saturated rings. The minimum absolute atomic E-state index is 0.257. The molecule has 0 atom stereocenters. The van der Waals surface area contributed by atoms with Gasteiger partial charge in [-0.15, -0.1) is 0 Å². The third-order valence-electron chi connectivity index (χ3n) is 2.70. The zero-order valence-corrected chi connectivity index (χ0v) is 8.17. The molecule has 0 unspecified atom stereocenters. The maximum absolute atomic E-state index is 12.8. The van der Waals surface area contributed by atoms with Crippen molar-refractivity contribution in [2.24, 2.45) is 0 Å². The summed E-state index contributed by atoms with van der Waals surface area (Å²) in [5.41, 5.74) is 7.33. The average Bonchev–Trinajstić information content (AvgIpc) is 2.62. The molecule has 0 aromatic heterocycles. The van der Waals surface area contributed by atoms with Crippen LogP contribution < -0.4 is 5.73 Å². The van der Waals surface area contributed by atoms with Crippen molar-refractivity contribution in [1.82, 2.24) is 4.90 Å². The van der Waals surface area contributed by atoms with Gasteiger partial charge in [-0.25, -0.2) is 4.39 Å². The van der Waals surface area contributed by atoms with Crippen molar-refractivity contribution in [1.29, 1.82) is 0 Å². The second kappa shape index (κ2) is 3.96. The van der Waals surface area contributed by atoms with Crippen LogP contribution >= 0.6 is 0 Å². The molecule has 3 heteroatoms. The van der Waals surface area contributed by atoms with Crippen molar-refractivity contribution in [3.05, 3.63) is 29.6 Å². The van der Waals surface area contributed by atoms with E-state index in [2.05, 4.69) is 4.90 Å². The molecule has 0 aliphatic carbocycles. The molecular formula is C11H15FN2. The van der Waals surface area contributed by atoms with Crippen LogP contribution in [-0.4, -0.2) is 18.0 Å². The van der Waals surface area contributed by atoms with E-state index in [4.69, 9.17) is 5.73 Å². The Morgan fingerprint density at radius 1 is 1.29 bits per heavy atom. The van der Waals surface area contributed by atoms with Gasteiger partial charge in [0.1, 0.15) is 5.82 Å². The van der Waals surface area contributed by atoms with Gasteiger partial charge in [0.15, 0.2) is 0 Å². The van der Waals surface area contributed by atoms with E-state index in [0.29, 0.717) is 5.69 Å². The van der Waals surface area contributed by atoms with Gasteiger partial charge in [-0.2, -0.15) is 0 Å². The topological polar surface area (TPSA) is 29.3 Å². The molecule has 1 saturated heterocycles. The predicted octanol–water partition coefficient (Wildman–Crippen LogP) is 2.00. The largest absolute Gasteiger partial charge is 0.398 e. The lowest BCUT2D eigenvalue weighted by atomic mass is 10.1. The van der Waals surface area contributed by atoms with Gasteiger partial charge in [0.2, 0.25) is 0 Å². The molecule has 0 radical (unpaired) electrons. The maximum Gasteiger partial charge on any atom is 0.125 e. The van der Waals surface area contributed by atoms with E-state index in [1.807, 2.05) is 0 Å². The highest BCUT2D eigenvalue weighted by molar-refractivity contribution is 5.46. The Hall–Kier alpha value is -1.09. The number of nitrogens with two attached hydrogens (primary N) is 1. The van der Waals surface area contributed by atoms with Crippen LogP contribution in [0, 0.1) is 5.82 Å². The molecule has 0 saturated carbocycles. The highest BCUT2D eigenvalue weighted by Crippen LogP contribution is 2.18. The number of anilines is 1. The lowest BCUT2D eigenvalue weighted by Gasteiger charge is -2.15. The zero-order valence-electron chi connectivity index (χ0n) is 8.17. The molecule has 1 aliphatic heterocycles. The third-order valence-corrected chi connectivity index (χ3v) is 2.70. The molecule has 14 heavy (non-hydrogen) atoms. The van der Waals surface area contributed by atoms with E-state index in [9.17, 15) is 4.39 Å². The molecule has 2 N–H and O–H groups in total. The van der Waals surface area contributed by atoms with Crippen LogP contribution in [0.5, 0.6) is 0 Å². The van der Waals surface area contributed by atoms with E-state index in [-0.39, 0.29) is 5.82 Å². The Balaban J connectivity index is 2.08. The fourth-order valence-corrected chi connectivity index (χ4v) is 1.89. The SMILES string of the molecule is Nc1cc(F)ccc1CN1CCCC1. The van der Waals surface area contributed by atoms with Gasteiger partial charge >= 0.3 is 0 Å². The number of benzene rings is 1. The quantitative estimate of drug-likeness (QED) is 0.730. The first-order valence-corrected chi connectivity index (χ1v) is 5.02. The summed E-state index contributed by atoms with van der Waals surface area (Å²) < 4.78 is 12.8. The van der Waals surface area contributed by atoms with Crippen LogP contribution in [0.25, 0.3) is 0 Å². The number of hydrogen-bond acceptors (Lipinski definition) is 2. The van der Waals surface area contributed by atoms with Crippen molar-refractivity contribution in [3.8, 4) is 0 Å². The summed E-state index contributed by atoms with van der Waals surface area (Å²) in [7, 11) is 0. The number of likely N-dealkylation sites (tertiary alicyclic amines) is 1. The molecular weight excluding hydrogens is 179 g/mol. The third kappa shape index (κ3) is 2.04. The molecule has 76 valence electrons. The molecule has 1 aromatic carbocycles. The lowest BCUT2D eigenvalue weighted by molar-refractivity contribution is 0.332. The van der Waals surface area contributed by atoms with Crippen molar-refractivity contribution in [2.45, 2.75) is 19.4 Å². The van der Waals surface area contributed by atoms with Crippen molar-refractivity contribution < 1.29 is 4.39 Å². The second-order valence-corrected chi connectivity index (χ2v) is 3.83. The second-order valence-electron chi connectivity index (χ2n) is 3.83. The fourth-order valence-electron chi connectivity index (χ4n) is 1.89. The van der Waals surface area contributed by atoms with E-state index in [1.54, 1.807) is 6.07 Å². The van der Waals surface area contributed by atoms with E-state index < -0.39 is 0 Å². The molecule has 0 spiro atoms. The predicted molar refractivity (Wildman–Crippen MR) is 55.3 cm³/mol. The van der Waals surface area contributed by atoms with E-state index in [1.165, 1.54) is 25.0 Å². The first-order chi connectivity index (χ1) is 6.75. The Morgan fingerprint density at radius 3 is 2.64 bits per heavy atom. The highest BCUT2D eigenvalue weighted by Gasteiger charge is 2.12. The van der Waals surface area contributed by atoms with Crippen molar-refractivity contribution >= 4 is 5.69 Å².